The predicted molar refractivity (Wildman–Crippen MR) is 96.4 cm³/mol. The standard InChI is InChI=1S/C18H25BrN2O3/c1-3-14-18(19)15(11-17(23)20(14)2)24-13-8-6-12(7-9-13)21-10-4-5-16(21)22/h11-13H,3-10H2,1-2H3/t12-,13-. The third-order valence-corrected chi connectivity index (χ3v) is 6.13. The Labute approximate surface area is 151 Å². The van der Waals surface area contributed by atoms with Crippen LogP contribution in [0, 0.1) is 0 Å². The number of hydrogen-bond acceptors (Lipinski definition) is 3. The highest BCUT2D eigenvalue weighted by atomic mass is 79.9. The molecule has 6 heteroatoms. The first-order valence-corrected chi connectivity index (χ1v) is 9.65. The average Bonchev–Trinajstić information content (AvgIpc) is 3.00. The number of carbonyl (C=O) groups is 1. The zero-order valence-corrected chi connectivity index (χ0v) is 16.0. The van der Waals surface area contributed by atoms with Crippen LogP contribution in [-0.4, -0.2) is 34.1 Å². The Balaban J connectivity index is 1.65. The molecule has 1 saturated carbocycles. The minimum atomic E-state index is -0.0404. The summed E-state index contributed by atoms with van der Waals surface area (Å²) in [6.45, 7) is 2.94. The molecule has 0 aromatic carbocycles. The van der Waals surface area contributed by atoms with E-state index in [0.29, 0.717) is 24.1 Å². The maximum Gasteiger partial charge on any atom is 0.254 e. The summed E-state index contributed by atoms with van der Waals surface area (Å²) in [6, 6.07) is 1.94. The van der Waals surface area contributed by atoms with E-state index in [4.69, 9.17) is 4.74 Å². The van der Waals surface area contributed by atoms with Crippen LogP contribution >= 0.6 is 15.9 Å². The number of aromatic nitrogens is 1. The molecule has 1 amide bonds. The van der Waals surface area contributed by atoms with Crippen LogP contribution in [0.5, 0.6) is 5.75 Å². The highest BCUT2D eigenvalue weighted by Crippen LogP contribution is 2.32. The number of halogens is 1. The highest BCUT2D eigenvalue weighted by molar-refractivity contribution is 9.10. The van der Waals surface area contributed by atoms with Crippen LogP contribution in [0.15, 0.2) is 15.3 Å². The summed E-state index contributed by atoms with van der Waals surface area (Å²) < 4.78 is 8.68. The van der Waals surface area contributed by atoms with Crippen molar-refractivity contribution in [1.29, 1.82) is 0 Å². The van der Waals surface area contributed by atoms with Gasteiger partial charge >= 0.3 is 0 Å². The number of ether oxygens (including phenoxy) is 1. The quantitative estimate of drug-likeness (QED) is 0.785. The van der Waals surface area contributed by atoms with Crippen LogP contribution < -0.4 is 10.3 Å². The summed E-state index contributed by atoms with van der Waals surface area (Å²) in [5.41, 5.74) is 0.912. The van der Waals surface area contributed by atoms with Gasteiger partial charge in [-0.3, -0.25) is 9.59 Å². The van der Waals surface area contributed by atoms with Gasteiger partial charge in [0.15, 0.2) is 0 Å². The Hall–Kier alpha value is -1.30. The third-order valence-electron chi connectivity index (χ3n) is 5.28. The molecule has 0 unspecified atom stereocenters. The van der Waals surface area contributed by atoms with E-state index >= 15 is 0 Å². The van der Waals surface area contributed by atoms with Crippen LogP contribution in [0.3, 0.4) is 0 Å². The van der Waals surface area contributed by atoms with Crippen molar-refractivity contribution in [2.24, 2.45) is 7.05 Å². The third kappa shape index (κ3) is 3.39. The van der Waals surface area contributed by atoms with Crippen molar-refractivity contribution < 1.29 is 9.53 Å². The number of carbonyl (C=O) groups excluding carboxylic acids is 1. The Morgan fingerprint density at radius 2 is 1.96 bits per heavy atom. The number of amides is 1. The van der Waals surface area contributed by atoms with Gasteiger partial charge < -0.3 is 14.2 Å². The molecule has 0 bridgehead atoms. The van der Waals surface area contributed by atoms with Gasteiger partial charge in [-0.25, -0.2) is 0 Å². The number of pyridine rings is 1. The van der Waals surface area contributed by atoms with Gasteiger partial charge in [-0.05, 0) is 54.5 Å². The van der Waals surface area contributed by atoms with E-state index in [1.54, 1.807) is 17.7 Å². The van der Waals surface area contributed by atoms with Crippen molar-refractivity contribution >= 4 is 21.8 Å². The van der Waals surface area contributed by atoms with Crippen LogP contribution in [-0.2, 0) is 18.3 Å². The molecule has 1 aromatic heterocycles. The van der Waals surface area contributed by atoms with Crippen LogP contribution in [0.1, 0.15) is 51.1 Å². The number of rotatable bonds is 4. The smallest absolute Gasteiger partial charge is 0.254 e. The van der Waals surface area contributed by atoms with Gasteiger partial charge in [0.25, 0.3) is 5.56 Å². The highest BCUT2D eigenvalue weighted by Gasteiger charge is 2.32. The minimum absolute atomic E-state index is 0.0404. The van der Waals surface area contributed by atoms with Gasteiger partial charge in [0, 0.05) is 37.8 Å². The molecule has 1 aliphatic heterocycles. The van der Waals surface area contributed by atoms with E-state index in [0.717, 1.165) is 55.2 Å². The molecule has 0 spiro atoms. The molecule has 5 nitrogen and oxygen atoms in total. The van der Waals surface area contributed by atoms with Gasteiger partial charge in [0.2, 0.25) is 5.91 Å². The van der Waals surface area contributed by atoms with Gasteiger partial charge in [-0.15, -0.1) is 0 Å². The summed E-state index contributed by atoms with van der Waals surface area (Å²) in [4.78, 5) is 26.0. The molecule has 1 aliphatic carbocycles. The summed E-state index contributed by atoms with van der Waals surface area (Å²) in [6.07, 6.45) is 6.42. The monoisotopic (exact) mass is 396 g/mol. The van der Waals surface area contributed by atoms with E-state index in [-0.39, 0.29) is 11.7 Å². The Morgan fingerprint density at radius 1 is 1.25 bits per heavy atom. The van der Waals surface area contributed by atoms with Crippen molar-refractivity contribution in [3.8, 4) is 5.75 Å². The second-order valence-electron chi connectivity index (χ2n) is 6.76. The fourth-order valence-corrected chi connectivity index (χ4v) is 4.64. The largest absolute Gasteiger partial charge is 0.489 e. The molecule has 2 fully saturated rings. The molecule has 2 aliphatic rings. The fraction of sp³-hybridized carbons (Fsp3) is 0.667. The lowest BCUT2D eigenvalue weighted by Crippen LogP contribution is -2.40. The van der Waals surface area contributed by atoms with Crippen molar-refractivity contribution in [2.45, 2.75) is 64.0 Å². The molecule has 0 N–H and O–H groups in total. The Kier molecular flexibility index (Phi) is 5.33. The second kappa shape index (κ2) is 7.30. The number of likely N-dealkylation sites (tertiary alicyclic amines) is 1. The average molecular weight is 397 g/mol. The Bertz CT molecular complexity index is 678. The van der Waals surface area contributed by atoms with Crippen LogP contribution in [0.2, 0.25) is 0 Å². The maximum atomic E-state index is 12.1. The molecule has 132 valence electrons. The molecule has 3 rings (SSSR count). The summed E-state index contributed by atoms with van der Waals surface area (Å²) in [5, 5.41) is 0. The number of hydrogen-bond donors (Lipinski definition) is 0. The molecular formula is C18H25BrN2O3. The summed E-state index contributed by atoms with van der Waals surface area (Å²) in [5.74, 6) is 0.955. The van der Waals surface area contributed by atoms with Crippen molar-refractivity contribution in [1.82, 2.24) is 9.47 Å². The van der Waals surface area contributed by atoms with Gasteiger partial charge in [0.05, 0.1) is 10.6 Å². The van der Waals surface area contributed by atoms with Crippen molar-refractivity contribution in [2.75, 3.05) is 6.54 Å². The molecule has 24 heavy (non-hydrogen) atoms. The minimum Gasteiger partial charge on any atom is -0.489 e. The van der Waals surface area contributed by atoms with Crippen molar-refractivity contribution in [3.63, 3.8) is 0 Å². The lowest BCUT2D eigenvalue weighted by molar-refractivity contribution is -0.130. The first-order valence-electron chi connectivity index (χ1n) is 8.85. The lowest BCUT2D eigenvalue weighted by Gasteiger charge is -2.34. The predicted octanol–water partition coefficient (Wildman–Crippen LogP) is 3.02. The Morgan fingerprint density at radius 3 is 2.54 bits per heavy atom. The zero-order valence-electron chi connectivity index (χ0n) is 14.4. The molecule has 2 heterocycles. The maximum absolute atomic E-state index is 12.1. The first kappa shape index (κ1) is 17.5. The first-order chi connectivity index (χ1) is 11.5. The fourth-order valence-electron chi connectivity index (χ4n) is 3.88. The van der Waals surface area contributed by atoms with Crippen LogP contribution in [0.4, 0.5) is 0 Å². The second-order valence-corrected chi connectivity index (χ2v) is 7.55. The van der Waals surface area contributed by atoms with Gasteiger partial charge in [-0.1, -0.05) is 6.92 Å². The summed E-state index contributed by atoms with van der Waals surface area (Å²) in [7, 11) is 1.79. The van der Waals surface area contributed by atoms with Crippen molar-refractivity contribution in [3.05, 3.63) is 26.6 Å². The molecular weight excluding hydrogens is 372 g/mol. The SMILES string of the molecule is CCc1c(Br)c(O[C@H]2CC[C@H](N3CCCC3=O)CC2)cc(=O)n1C. The topological polar surface area (TPSA) is 51.5 Å². The molecule has 0 atom stereocenters. The zero-order chi connectivity index (χ0) is 17.3. The van der Waals surface area contributed by atoms with E-state index in [1.165, 1.54) is 0 Å². The van der Waals surface area contributed by atoms with Gasteiger partial charge in [-0.2, -0.15) is 0 Å². The van der Waals surface area contributed by atoms with Crippen LogP contribution in [0.25, 0.3) is 0 Å². The van der Waals surface area contributed by atoms with E-state index < -0.39 is 0 Å². The normalized spacial score (nSPS) is 24.5. The lowest BCUT2D eigenvalue weighted by atomic mass is 9.92. The van der Waals surface area contributed by atoms with E-state index in [9.17, 15) is 9.59 Å². The number of nitrogens with zero attached hydrogens (tertiary/aromatic N) is 2. The molecule has 1 saturated heterocycles. The molecule has 0 radical (unpaired) electrons. The molecule has 1 aromatic rings. The summed E-state index contributed by atoms with van der Waals surface area (Å²) >= 11 is 3.59. The van der Waals surface area contributed by atoms with Gasteiger partial charge in [0.1, 0.15) is 5.75 Å². The van der Waals surface area contributed by atoms with E-state index in [1.807, 2.05) is 6.92 Å². The van der Waals surface area contributed by atoms with E-state index in [2.05, 4.69) is 20.8 Å².